The van der Waals surface area contributed by atoms with Crippen LogP contribution in [0.4, 0.5) is 11.4 Å². The third kappa shape index (κ3) is 4.04. The number of benzene rings is 3. The summed E-state index contributed by atoms with van der Waals surface area (Å²) in [5, 5.41) is 18.3. The molecule has 0 atom stereocenters. The van der Waals surface area contributed by atoms with Crippen molar-refractivity contribution in [3.63, 3.8) is 0 Å². The fourth-order valence-corrected chi connectivity index (χ4v) is 3.76. The molecule has 0 saturated carbocycles. The normalized spacial score (nSPS) is 10.9. The van der Waals surface area contributed by atoms with Gasteiger partial charge in [-0.15, -0.1) is 0 Å². The topological polar surface area (TPSA) is 125 Å². The predicted octanol–water partition coefficient (Wildman–Crippen LogP) is 4.04. The summed E-state index contributed by atoms with van der Waals surface area (Å²) in [5.41, 5.74) is 2.32. The Balaban J connectivity index is 1.42. The van der Waals surface area contributed by atoms with Gasteiger partial charge in [0.25, 0.3) is 17.2 Å². The highest BCUT2D eigenvalue weighted by molar-refractivity contribution is 6.04. The Morgan fingerprint density at radius 1 is 0.943 bits per heavy atom. The van der Waals surface area contributed by atoms with Gasteiger partial charge in [-0.05, 0) is 55.5 Å². The molecule has 0 bridgehead atoms. The quantitative estimate of drug-likeness (QED) is 0.308. The van der Waals surface area contributed by atoms with E-state index in [4.69, 9.17) is 0 Å². The van der Waals surface area contributed by atoms with E-state index in [1.165, 1.54) is 35.0 Å². The van der Waals surface area contributed by atoms with Gasteiger partial charge >= 0.3 is 0 Å². The van der Waals surface area contributed by atoms with Crippen molar-refractivity contribution in [2.45, 2.75) is 6.92 Å². The van der Waals surface area contributed by atoms with Crippen LogP contribution in [0, 0.1) is 17.0 Å². The van der Waals surface area contributed by atoms with Gasteiger partial charge in [0.1, 0.15) is 11.2 Å². The van der Waals surface area contributed by atoms with Gasteiger partial charge < -0.3 is 5.32 Å². The molecule has 0 saturated heterocycles. The third-order valence-electron chi connectivity index (χ3n) is 5.49. The number of carbonyl (C=O) groups is 1. The van der Waals surface area contributed by atoms with Crippen LogP contribution >= 0.6 is 0 Å². The largest absolute Gasteiger partial charge is 0.322 e. The number of hydrogen-bond acceptors (Lipinski definition) is 6. The number of nitrogens with one attached hydrogen (secondary N) is 1. The molecule has 0 aliphatic heterocycles. The van der Waals surface area contributed by atoms with Gasteiger partial charge in [0.2, 0.25) is 0 Å². The van der Waals surface area contributed by atoms with Crippen LogP contribution in [0.3, 0.4) is 0 Å². The van der Waals surface area contributed by atoms with Crippen LogP contribution in [-0.2, 0) is 0 Å². The lowest BCUT2D eigenvalue weighted by Crippen LogP contribution is -2.22. The molecule has 10 nitrogen and oxygen atoms in total. The molecule has 0 spiro atoms. The summed E-state index contributed by atoms with van der Waals surface area (Å²) in [5.74, 6) is 0.0836. The van der Waals surface area contributed by atoms with Gasteiger partial charge in [0, 0.05) is 23.4 Å². The predicted molar refractivity (Wildman–Crippen MR) is 130 cm³/mol. The second kappa shape index (κ2) is 8.67. The lowest BCUT2D eigenvalue weighted by Gasteiger charge is -2.11. The zero-order valence-electron chi connectivity index (χ0n) is 18.5. The first-order chi connectivity index (χ1) is 16.9. The smallest absolute Gasteiger partial charge is 0.269 e. The number of hydrogen-bond donors (Lipinski definition) is 1. The van der Waals surface area contributed by atoms with Gasteiger partial charge in [-0.1, -0.05) is 18.2 Å². The van der Waals surface area contributed by atoms with Crippen molar-refractivity contribution >= 4 is 28.3 Å². The lowest BCUT2D eigenvalue weighted by molar-refractivity contribution is -0.384. The number of nitrogens with zero attached hydrogens (tertiary/aromatic N) is 5. The van der Waals surface area contributed by atoms with Crippen molar-refractivity contribution in [1.82, 2.24) is 19.3 Å². The Labute approximate surface area is 198 Å². The summed E-state index contributed by atoms with van der Waals surface area (Å²) in [6, 6.07) is 21.5. The van der Waals surface area contributed by atoms with Crippen molar-refractivity contribution in [1.29, 1.82) is 0 Å². The first-order valence-electron chi connectivity index (χ1n) is 10.6. The van der Waals surface area contributed by atoms with Crippen molar-refractivity contribution in [3.05, 3.63) is 117 Å². The Morgan fingerprint density at radius 3 is 2.29 bits per heavy atom. The Hall–Kier alpha value is -5.12. The van der Waals surface area contributed by atoms with Gasteiger partial charge in [0.15, 0.2) is 5.65 Å². The monoisotopic (exact) mass is 466 g/mol. The summed E-state index contributed by atoms with van der Waals surface area (Å²) in [6.07, 6.45) is 1.51. The van der Waals surface area contributed by atoms with E-state index in [2.05, 4.69) is 15.4 Å². The molecule has 2 heterocycles. The molecular formula is C25H18N6O4. The molecule has 0 aliphatic rings. The van der Waals surface area contributed by atoms with E-state index in [9.17, 15) is 19.7 Å². The lowest BCUT2D eigenvalue weighted by atomic mass is 10.2. The second-order valence-electron chi connectivity index (χ2n) is 7.73. The Morgan fingerprint density at radius 2 is 1.63 bits per heavy atom. The number of non-ortho nitro benzene ring substituents is 1. The standard InChI is InChI=1S/C25H18N6O4/c1-16-27-23-22(15-26-30(23)20-5-3-2-4-6-20)25(33)29(16)19-13-9-18(10-14-19)28-24(32)17-7-11-21(12-8-17)31(34)35/h2-15H,1H3,(H,28,32). The molecule has 0 radical (unpaired) electrons. The molecule has 5 aromatic rings. The van der Waals surface area contributed by atoms with E-state index >= 15 is 0 Å². The fraction of sp³-hybridized carbons (Fsp3) is 0.0400. The zero-order chi connectivity index (χ0) is 24.5. The molecule has 10 heteroatoms. The molecular weight excluding hydrogens is 448 g/mol. The molecule has 1 N–H and O–H groups in total. The summed E-state index contributed by atoms with van der Waals surface area (Å²) in [7, 11) is 0. The Bertz CT molecular complexity index is 1620. The van der Waals surface area contributed by atoms with Crippen LogP contribution in [-0.4, -0.2) is 30.2 Å². The highest BCUT2D eigenvalue weighted by Gasteiger charge is 2.15. The van der Waals surface area contributed by atoms with Crippen LogP contribution in [0.1, 0.15) is 16.2 Å². The van der Waals surface area contributed by atoms with Gasteiger partial charge in [0.05, 0.1) is 22.5 Å². The van der Waals surface area contributed by atoms with Crippen molar-refractivity contribution in [3.8, 4) is 11.4 Å². The first-order valence-corrected chi connectivity index (χ1v) is 10.6. The molecule has 1 amide bonds. The fourth-order valence-electron chi connectivity index (χ4n) is 3.76. The SMILES string of the molecule is Cc1nc2c(cnn2-c2ccccc2)c(=O)n1-c1ccc(NC(=O)c2ccc([N+](=O)[O-])cc2)cc1. The van der Waals surface area contributed by atoms with Crippen LogP contribution in [0.2, 0.25) is 0 Å². The van der Waals surface area contributed by atoms with E-state index in [0.29, 0.717) is 28.2 Å². The number of anilines is 1. The number of nitro benzene ring substituents is 1. The van der Waals surface area contributed by atoms with E-state index in [1.807, 2.05) is 30.3 Å². The third-order valence-corrected chi connectivity index (χ3v) is 5.49. The highest BCUT2D eigenvalue weighted by atomic mass is 16.6. The Kier molecular flexibility index (Phi) is 5.38. The van der Waals surface area contributed by atoms with Gasteiger partial charge in [-0.2, -0.15) is 5.10 Å². The van der Waals surface area contributed by atoms with Crippen molar-refractivity contribution < 1.29 is 9.72 Å². The number of nitro groups is 1. The maximum absolute atomic E-state index is 13.3. The summed E-state index contributed by atoms with van der Waals surface area (Å²) >= 11 is 0. The van der Waals surface area contributed by atoms with Crippen molar-refractivity contribution in [2.75, 3.05) is 5.32 Å². The minimum atomic E-state index is -0.525. The number of aryl methyl sites for hydroxylation is 1. The molecule has 35 heavy (non-hydrogen) atoms. The number of amides is 1. The van der Waals surface area contributed by atoms with E-state index in [-0.39, 0.29) is 16.8 Å². The number of carbonyl (C=O) groups excluding carboxylic acids is 1. The average molecular weight is 466 g/mol. The van der Waals surface area contributed by atoms with Crippen LogP contribution in [0.25, 0.3) is 22.4 Å². The van der Waals surface area contributed by atoms with Gasteiger partial charge in [-0.25, -0.2) is 9.67 Å². The maximum atomic E-state index is 13.3. The number of fused-ring (bicyclic) bond motifs is 1. The molecule has 0 aliphatic carbocycles. The number of para-hydroxylation sites is 1. The molecule has 2 aromatic heterocycles. The zero-order valence-corrected chi connectivity index (χ0v) is 18.5. The van der Waals surface area contributed by atoms with Crippen LogP contribution < -0.4 is 10.9 Å². The second-order valence-corrected chi connectivity index (χ2v) is 7.73. The minimum Gasteiger partial charge on any atom is -0.322 e. The molecule has 0 unspecified atom stereocenters. The molecule has 0 fully saturated rings. The minimum absolute atomic E-state index is 0.0911. The maximum Gasteiger partial charge on any atom is 0.269 e. The van der Waals surface area contributed by atoms with Crippen LogP contribution in [0.5, 0.6) is 0 Å². The average Bonchev–Trinajstić information content (AvgIpc) is 3.29. The van der Waals surface area contributed by atoms with E-state index in [0.717, 1.165) is 5.69 Å². The summed E-state index contributed by atoms with van der Waals surface area (Å²) in [6.45, 7) is 1.74. The van der Waals surface area contributed by atoms with Gasteiger partial charge in [-0.3, -0.25) is 24.3 Å². The van der Waals surface area contributed by atoms with E-state index in [1.54, 1.807) is 35.9 Å². The molecule has 3 aromatic carbocycles. The number of rotatable bonds is 5. The summed E-state index contributed by atoms with van der Waals surface area (Å²) in [4.78, 5) is 40.6. The van der Waals surface area contributed by atoms with E-state index < -0.39 is 10.8 Å². The molecule has 172 valence electrons. The highest BCUT2D eigenvalue weighted by Crippen LogP contribution is 2.19. The number of aromatic nitrogens is 4. The molecule has 5 rings (SSSR count). The first kappa shape index (κ1) is 21.7. The van der Waals surface area contributed by atoms with Crippen LogP contribution in [0.15, 0.2) is 89.9 Å². The van der Waals surface area contributed by atoms with Crippen molar-refractivity contribution in [2.24, 2.45) is 0 Å². The summed E-state index contributed by atoms with van der Waals surface area (Å²) < 4.78 is 3.12.